The van der Waals surface area contributed by atoms with Crippen LogP contribution in [0, 0.1) is 5.82 Å². The Morgan fingerprint density at radius 1 is 0.941 bits per heavy atom. The van der Waals surface area contributed by atoms with Gasteiger partial charge in [0.05, 0.1) is 0 Å². The van der Waals surface area contributed by atoms with Crippen LogP contribution in [0.1, 0.15) is 12.0 Å². The van der Waals surface area contributed by atoms with E-state index in [-0.39, 0.29) is 10.6 Å². The maximum Gasteiger partial charge on any atom is 0.264 e. The van der Waals surface area contributed by atoms with E-state index in [9.17, 15) is 13.2 Å². The molecule has 4 heteroatoms. The van der Waals surface area contributed by atoms with Gasteiger partial charge >= 0.3 is 0 Å². The Balaban J connectivity index is 2.54. The van der Waals surface area contributed by atoms with Crippen LogP contribution in [0.25, 0.3) is 11.1 Å². The Labute approximate surface area is 102 Å². The molecule has 0 unspecified atom stereocenters. The second-order valence-corrected chi connectivity index (χ2v) is 3.98. The van der Waals surface area contributed by atoms with Crippen molar-refractivity contribution in [2.75, 3.05) is 0 Å². The zero-order valence-electron chi connectivity index (χ0n) is 8.63. The summed E-state index contributed by atoms with van der Waals surface area (Å²) >= 11 is 5.68. The second-order valence-electron chi connectivity index (χ2n) is 3.54. The number of hydrogen-bond acceptors (Lipinski definition) is 0. The van der Waals surface area contributed by atoms with Crippen LogP contribution in [0.2, 0.25) is 5.02 Å². The topological polar surface area (TPSA) is 0 Å². The quantitative estimate of drug-likeness (QED) is 0.703. The highest BCUT2D eigenvalue weighted by atomic mass is 35.5. The van der Waals surface area contributed by atoms with Gasteiger partial charge in [-0.3, -0.25) is 0 Å². The highest BCUT2D eigenvalue weighted by Gasteiger charge is 2.14. The first kappa shape index (κ1) is 12.0. The van der Waals surface area contributed by atoms with Gasteiger partial charge in [-0.15, -0.1) is 0 Å². The van der Waals surface area contributed by atoms with Crippen LogP contribution in [0.5, 0.6) is 0 Å². The van der Waals surface area contributed by atoms with Crippen molar-refractivity contribution in [2.24, 2.45) is 0 Å². The van der Waals surface area contributed by atoms with Crippen LogP contribution < -0.4 is 0 Å². The lowest BCUT2D eigenvalue weighted by molar-refractivity contribution is 0.152. The van der Waals surface area contributed by atoms with Crippen molar-refractivity contribution >= 4 is 11.6 Å². The van der Waals surface area contributed by atoms with Crippen molar-refractivity contribution in [1.82, 2.24) is 0 Å². The van der Waals surface area contributed by atoms with E-state index in [0.717, 1.165) is 0 Å². The molecule has 0 radical (unpaired) electrons. The first-order chi connectivity index (χ1) is 8.08. The molecule has 0 heterocycles. The Hall–Kier alpha value is -1.48. The van der Waals surface area contributed by atoms with Crippen molar-refractivity contribution in [3.63, 3.8) is 0 Å². The molecule has 0 aromatic heterocycles. The third-order valence-corrected chi connectivity index (χ3v) is 2.64. The lowest BCUT2D eigenvalue weighted by Crippen LogP contribution is -1.90. The zero-order chi connectivity index (χ0) is 12.4. The molecule has 0 spiro atoms. The van der Waals surface area contributed by atoms with Crippen molar-refractivity contribution in [3.8, 4) is 11.1 Å². The summed E-state index contributed by atoms with van der Waals surface area (Å²) in [5.74, 6) is -0.402. The molecule has 0 amide bonds. The third kappa shape index (κ3) is 2.61. The fourth-order valence-corrected chi connectivity index (χ4v) is 1.79. The number of alkyl halides is 2. The van der Waals surface area contributed by atoms with Gasteiger partial charge < -0.3 is 0 Å². The molecule has 0 aliphatic carbocycles. The van der Waals surface area contributed by atoms with E-state index in [1.54, 1.807) is 0 Å². The Morgan fingerprint density at radius 3 is 2.18 bits per heavy atom. The Bertz CT molecular complexity index is 521. The molecule has 0 fully saturated rings. The fourth-order valence-electron chi connectivity index (χ4n) is 1.61. The van der Waals surface area contributed by atoms with Crippen LogP contribution in [0.4, 0.5) is 13.2 Å². The van der Waals surface area contributed by atoms with Gasteiger partial charge in [-0.05, 0) is 35.4 Å². The van der Waals surface area contributed by atoms with Crippen LogP contribution in [0.3, 0.4) is 0 Å². The molecule has 0 nitrogen and oxygen atoms in total. The van der Waals surface area contributed by atoms with E-state index in [2.05, 4.69) is 0 Å². The molecule has 0 saturated carbocycles. The summed E-state index contributed by atoms with van der Waals surface area (Å²) in [6, 6.07) is 9.67. The monoisotopic (exact) mass is 256 g/mol. The second kappa shape index (κ2) is 4.80. The predicted octanol–water partition coefficient (Wildman–Crippen LogP) is 5.08. The Morgan fingerprint density at radius 2 is 1.59 bits per heavy atom. The van der Waals surface area contributed by atoms with Crippen molar-refractivity contribution in [2.45, 2.75) is 6.43 Å². The van der Waals surface area contributed by atoms with E-state index in [0.29, 0.717) is 11.1 Å². The Kier molecular flexibility index (Phi) is 3.38. The van der Waals surface area contributed by atoms with E-state index >= 15 is 0 Å². The minimum Gasteiger partial charge on any atom is -0.207 e. The number of rotatable bonds is 2. The molecule has 17 heavy (non-hydrogen) atoms. The van der Waals surface area contributed by atoms with E-state index < -0.39 is 12.2 Å². The van der Waals surface area contributed by atoms with Crippen molar-refractivity contribution < 1.29 is 13.2 Å². The third-order valence-electron chi connectivity index (χ3n) is 2.40. The van der Waals surface area contributed by atoms with Gasteiger partial charge in [0, 0.05) is 10.6 Å². The van der Waals surface area contributed by atoms with E-state index in [4.69, 9.17) is 11.6 Å². The molecule has 0 aliphatic heterocycles. The molecule has 2 rings (SSSR count). The summed E-state index contributed by atoms with van der Waals surface area (Å²) in [6.45, 7) is 0. The molecular formula is C13H8ClF3. The molecule has 0 atom stereocenters. The minimum absolute atomic E-state index is 0.149. The van der Waals surface area contributed by atoms with Gasteiger partial charge in [0.1, 0.15) is 5.82 Å². The number of hydrogen-bond donors (Lipinski definition) is 0. The largest absolute Gasteiger partial charge is 0.264 e. The summed E-state index contributed by atoms with van der Waals surface area (Å²) in [6.07, 6.45) is -2.62. The van der Waals surface area contributed by atoms with Crippen molar-refractivity contribution in [3.05, 3.63) is 58.9 Å². The maximum atomic E-state index is 12.8. The van der Waals surface area contributed by atoms with Crippen LogP contribution in [-0.4, -0.2) is 0 Å². The summed E-state index contributed by atoms with van der Waals surface area (Å²) in [4.78, 5) is 0. The van der Waals surface area contributed by atoms with Gasteiger partial charge in [-0.25, -0.2) is 13.2 Å². The fraction of sp³-hybridized carbons (Fsp3) is 0.0769. The molecule has 88 valence electrons. The highest BCUT2D eigenvalue weighted by Crippen LogP contribution is 2.33. The lowest BCUT2D eigenvalue weighted by atomic mass is 10.00. The van der Waals surface area contributed by atoms with Crippen molar-refractivity contribution in [1.29, 1.82) is 0 Å². The standard InChI is InChI=1S/C13H8ClF3/c14-9-3-6-11(12(7-9)13(16)17)8-1-4-10(15)5-2-8/h1-7,13H. The molecule has 2 aromatic carbocycles. The molecule has 0 saturated heterocycles. The predicted molar refractivity (Wildman–Crippen MR) is 61.8 cm³/mol. The summed E-state index contributed by atoms with van der Waals surface area (Å²) < 4.78 is 38.4. The number of halogens is 4. The van der Waals surface area contributed by atoms with Gasteiger partial charge in [0.2, 0.25) is 0 Å². The summed E-state index contributed by atoms with van der Waals surface area (Å²) in [5.41, 5.74) is 0.756. The van der Waals surface area contributed by atoms with Gasteiger partial charge in [-0.1, -0.05) is 29.8 Å². The average Bonchev–Trinajstić information content (AvgIpc) is 2.30. The van der Waals surface area contributed by atoms with Gasteiger partial charge in [-0.2, -0.15) is 0 Å². The normalized spacial score (nSPS) is 10.9. The molecular weight excluding hydrogens is 249 g/mol. The van der Waals surface area contributed by atoms with E-state index in [1.165, 1.54) is 42.5 Å². The average molecular weight is 257 g/mol. The molecule has 0 N–H and O–H groups in total. The maximum absolute atomic E-state index is 12.8. The molecule has 2 aromatic rings. The van der Waals surface area contributed by atoms with Gasteiger partial charge in [0.15, 0.2) is 0 Å². The van der Waals surface area contributed by atoms with E-state index in [1.807, 2.05) is 0 Å². The first-order valence-electron chi connectivity index (χ1n) is 4.91. The summed E-state index contributed by atoms with van der Waals surface area (Å²) in [7, 11) is 0. The number of benzene rings is 2. The zero-order valence-corrected chi connectivity index (χ0v) is 9.39. The van der Waals surface area contributed by atoms with Crippen LogP contribution >= 0.6 is 11.6 Å². The summed E-state index contributed by atoms with van der Waals surface area (Å²) in [5, 5.41) is 0.256. The SMILES string of the molecule is Fc1ccc(-c2ccc(Cl)cc2C(F)F)cc1. The van der Waals surface area contributed by atoms with Crippen LogP contribution in [-0.2, 0) is 0 Å². The highest BCUT2D eigenvalue weighted by molar-refractivity contribution is 6.30. The minimum atomic E-state index is -2.62. The molecule has 0 aliphatic rings. The first-order valence-corrected chi connectivity index (χ1v) is 5.29. The van der Waals surface area contributed by atoms with Gasteiger partial charge in [0.25, 0.3) is 6.43 Å². The molecule has 0 bridgehead atoms. The smallest absolute Gasteiger partial charge is 0.207 e. The lowest BCUT2D eigenvalue weighted by Gasteiger charge is -2.09. The van der Waals surface area contributed by atoms with Crippen LogP contribution in [0.15, 0.2) is 42.5 Å².